The Labute approximate surface area is 167 Å². The van der Waals surface area contributed by atoms with Gasteiger partial charge < -0.3 is 9.64 Å². The van der Waals surface area contributed by atoms with Gasteiger partial charge in [0.25, 0.3) is 5.91 Å². The molecule has 3 rings (SSSR count). The number of carbonyl (C=O) groups excluding carboxylic acids is 2. The summed E-state index contributed by atoms with van der Waals surface area (Å²) in [7, 11) is 1.79. The first kappa shape index (κ1) is 19.5. The number of nitrogens with zero attached hydrogens (tertiary/aromatic N) is 1. The topological polar surface area (TPSA) is 46.6 Å². The van der Waals surface area contributed by atoms with Crippen LogP contribution in [0.25, 0.3) is 10.1 Å². The predicted octanol–water partition coefficient (Wildman–Crippen LogP) is 5.54. The highest BCUT2D eigenvalue weighted by Crippen LogP contribution is 2.37. The van der Waals surface area contributed by atoms with Crippen molar-refractivity contribution >= 4 is 56.5 Å². The Balaban J connectivity index is 1.70. The summed E-state index contributed by atoms with van der Waals surface area (Å²) >= 11 is 13.5. The molecule has 1 aliphatic rings. The number of ether oxygens (including phenoxy) is 1. The summed E-state index contributed by atoms with van der Waals surface area (Å²) in [6.07, 6.45) is 4.65. The first-order valence-electron chi connectivity index (χ1n) is 8.73. The second-order valence-electron chi connectivity index (χ2n) is 6.67. The number of hydrogen-bond acceptors (Lipinski definition) is 4. The molecule has 0 spiro atoms. The van der Waals surface area contributed by atoms with E-state index in [1.807, 2.05) is 0 Å². The molecule has 1 amide bonds. The van der Waals surface area contributed by atoms with Gasteiger partial charge in [0.2, 0.25) is 0 Å². The van der Waals surface area contributed by atoms with Gasteiger partial charge in [-0.3, -0.25) is 4.79 Å². The van der Waals surface area contributed by atoms with Gasteiger partial charge >= 0.3 is 5.97 Å². The Kier molecular flexibility index (Phi) is 6.10. The molecule has 1 saturated carbocycles. The lowest BCUT2D eigenvalue weighted by atomic mass is 9.94. The van der Waals surface area contributed by atoms with Crippen molar-refractivity contribution in [2.75, 3.05) is 7.05 Å². The molecule has 26 heavy (non-hydrogen) atoms. The van der Waals surface area contributed by atoms with Crippen LogP contribution in [0.15, 0.2) is 18.2 Å². The van der Waals surface area contributed by atoms with Gasteiger partial charge in [0.15, 0.2) is 6.10 Å². The van der Waals surface area contributed by atoms with Crippen LogP contribution in [0.1, 0.15) is 48.7 Å². The van der Waals surface area contributed by atoms with Crippen LogP contribution in [-0.4, -0.2) is 36.0 Å². The van der Waals surface area contributed by atoms with Gasteiger partial charge in [-0.25, -0.2) is 4.79 Å². The second kappa shape index (κ2) is 8.15. The number of benzene rings is 1. The molecule has 1 atom stereocenters. The minimum atomic E-state index is -0.848. The predicted molar refractivity (Wildman–Crippen MR) is 106 cm³/mol. The largest absolute Gasteiger partial charge is 0.448 e. The quantitative estimate of drug-likeness (QED) is 0.617. The summed E-state index contributed by atoms with van der Waals surface area (Å²) < 4.78 is 6.23. The van der Waals surface area contributed by atoms with E-state index in [9.17, 15) is 9.59 Å². The van der Waals surface area contributed by atoms with Gasteiger partial charge in [0.05, 0.1) is 5.02 Å². The minimum Gasteiger partial charge on any atom is -0.448 e. The van der Waals surface area contributed by atoms with Crippen LogP contribution in [-0.2, 0) is 9.53 Å². The molecule has 0 aliphatic heterocycles. The number of halogens is 2. The number of likely N-dealkylation sites (N-methyl/N-ethyl adjacent to an activating group) is 1. The highest BCUT2D eigenvalue weighted by molar-refractivity contribution is 7.21. The Morgan fingerprint density at radius 1 is 1.23 bits per heavy atom. The van der Waals surface area contributed by atoms with Crippen LogP contribution in [0, 0.1) is 0 Å². The highest BCUT2D eigenvalue weighted by Gasteiger charge is 2.29. The third-order valence-corrected chi connectivity index (χ3v) is 6.75. The van der Waals surface area contributed by atoms with E-state index in [4.69, 9.17) is 27.9 Å². The van der Waals surface area contributed by atoms with Crippen LogP contribution in [0.3, 0.4) is 0 Å². The van der Waals surface area contributed by atoms with Crippen LogP contribution < -0.4 is 0 Å². The maximum atomic E-state index is 12.6. The summed E-state index contributed by atoms with van der Waals surface area (Å²) in [6.45, 7) is 1.61. The standard InChI is InChI=1S/C19H21Cl2NO3S/c1-11(18(23)22(2)13-6-4-3-5-7-13)25-19(24)17-16(21)14-9-8-12(20)10-15(14)26-17/h8-11,13H,3-7H2,1-2H3/t11-/m1/s1. The fraction of sp³-hybridized carbons (Fsp3) is 0.474. The van der Waals surface area contributed by atoms with E-state index in [-0.39, 0.29) is 11.9 Å². The number of carbonyl (C=O) groups is 2. The lowest BCUT2D eigenvalue weighted by Gasteiger charge is -2.32. The molecule has 0 N–H and O–H groups in total. The molecule has 1 aromatic heterocycles. The average molecular weight is 414 g/mol. The Morgan fingerprint density at radius 3 is 2.62 bits per heavy atom. The summed E-state index contributed by atoms with van der Waals surface area (Å²) in [5, 5.41) is 1.67. The van der Waals surface area contributed by atoms with Crippen LogP contribution in [0.5, 0.6) is 0 Å². The monoisotopic (exact) mass is 413 g/mol. The van der Waals surface area contributed by atoms with Gasteiger partial charge in [-0.05, 0) is 31.9 Å². The average Bonchev–Trinajstić information content (AvgIpc) is 2.97. The van der Waals surface area contributed by atoms with Gasteiger partial charge in [-0.15, -0.1) is 11.3 Å². The van der Waals surface area contributed by atoms with Crippen molar-refractivity contribution in [3.63, 3.8) is 0 Å². The van der Waals surface area contributed by atoms with E-state index in [1.54, 1.807) is 37.1 Å². The number of thiophene rings is 1. The SMILES string of the molecule is C[C@@H](OC(=O)c1sc2cc(Cl)ccc2c1Cl)C(=O)N(C)C1CCCCC1. The van der Waals surface area contributed by atoms with Crippen LogP contribution in [0.2, 0.25) is 10.0 Å². The van der Waals surface area contributed by atoms with Crippen molar-refractivity contribution < 1.29 is 14.3 Å². The lowest BCUT2D eigenvalue weighted by molar-refractivity contribution is -0.141. The first-order valence-corrected chi connectivity index (χ1v) is 10.3. The van der Waals surface area contributed by atoms with E-state index < -0.39 is 12.1 Å². The third-order valence-electron chi connectivity index (χ3n) is 4.88. The van der Waals surface area contributed by atoms with E-state index in [2.05, 4.69) is 0 Å². The highest BCUT2D eigenvalue weighted by atomic mass is 35.5. The molecular formula is C19H21Cl2NO3S. The third kappa shape index (κ3) is 4.00. The molecule has 0 bridgehead atoms. The Bertz CT molecular complexity index is 830. The molecule has 1 heterocycles. The minimum absolute atomic E-state index is 0.175. The van der Waals surface area contributed by atoms with Crippen LogP contribution in [0.4, 0.5) is 0 Å². The first-order chi connectivity index (χ1) is 12.4. The van der Waals surface area contributed by atoms with Crippen LogP contribution >= 0.6 is 34.5 Å². The maximum Gasteiger partial charge on any atom is 0.350 e. The summed E-state index contributed by atoms with van der Waals surface area (Å²) in [6, 6.07) is 5.49. The zero-order chi connectivity index (χ0) is 18.8. The number of rotatable bonds is 4. The second-order valence-corrected chi connectivity index (χ2v) is 8.54. The zero-order valence-electron chi connectivity index (χ0n) is 14.8. The van der Waals surface area contributed by atoms with Crippen molar-refractivity contribution in [1.29, 1.82) is 0 Å². The Morgan fingerprint density at radius 2 is 1.92 bits per heavy atom. The molecule has 0 radical (unpaired) electrons. The zero-order valence-corrected chi connectivity index (χ0v) is 17.1. The van der Waals surface area contributed by atoms with Crippen molar-refractivity contribution in [1.82, 2.24) is 4.90 Å². The number of amides is 1. The molecule has 0 saturated heterocycles. The van der Waals surface area contributed by atoms with Crippen molar-refractivity contribution in [3.05, 3.63) is 33.1 Å². The van der Waals surface area contributed by atoms with Gasteiger partial charge in [0.1, 0.15) is 4.88 Å². The van der Waals surface area contributed by atoms with E-state index in [1.165, 1.54) is 17.8 Å². The van der Waals surface area contributed by atoms with Gasteiger partial charge in [0, 0.05) is 28.2 Å². The van der Waals surface area contributed by atoms with Crippen molar-refractivity contribution in [3.8, 4) is 0 Å². The number of hydrogen-bond donors (Lipinski definition) is 0. The van der Waals surface area contributed by atoms with E-state index in [0.717, 1.165) is 35.8 Å². The van der Waals surface area contributed by atoms with Gasteiger partial charge in [-0.1, -0.05) is 48.5 Å². The summed E-state index contributed by atoms with van der Waals surface area (Å²) in [4.78, 5) is 27.2. The van der Waals surface area contributed by atoms with Crippen molar-refractivity contribution in [2.45, 2.75) is 51.2 Å². The summed E-state index contributed by atoms with van der Waals surface area (Å²) in [5.41, 5.74) is 0. The normalized spacial score (nSPS) is 16.5. The number of esters is 1. The number of fused-ring (bicyclic) bond motifs is 1. The fourth-order valence-corrected chi connectivity index (χ4v) is 5.04. The molecule has 4 nitrogen and oxygen atoms in total. The van der Waals surface area contributed by atoms with Gasteiger partial charge in [-0.2, -0.15) is 0 Å². The molecular weight excluding hydrogens is 393 g/mol. The maximum absolute atomic E-state index is 12.6. The molecule has 1 aromatic carbocycles. The molecule has 2 aromatic rings. The van der Waals surface area contributed by atoms with Crippen molar-refractivity contribution in [2.24, 2.45) is 0 Å². The smallest absolute Gasteiger partial charge is 0.350 e. The molecule has 1 fully saturated rings. The summed E-state index contributed by atoms with van der Waals surface area (Å²) in [5.74, 6) is -0.754. The lowest BCUT2D eigenvalue weighted by Crippen LogP contribution is -2.44. The molecule has 1 aliphatic carbocycles. The molecule has 7 heteroatoms. The molecule has 0 unspecified atom stereocenters. The van der Waals surface area contributed by atoms with E-state index >= 15 is 0 Å². The molecule has 140 valence electrons. The fourth-order valence-electron chi connectivity index (χ4n) is 3.37. The Hall–Kier alpha value is -1.30. The van der Waals surface area contributed by atoms with E-state index in [0.29, 0.717) is 14.9 Å².